The van der Waals surface area contributed by atoms with Gasteiger partial charge in [-0.05, 0) is 25.8 Å². The highest BCUT2D eigenvalue weighted by Gasteiger charge is 2.13. The van der Waals surface area contributed by atoms with Gasteiger partial charge < -0.3 is 14.8 Å². The van der Waals surface area contributed by atoms with Crippen LogP contribution in [-0.2, 0) is 4.79 Å². The van der Waals surface area contributed by atoms with Crippen molar-refractivity contribution in [2.24, 2.45) is 5.92 Å². The fraction of sp³-hybridized carbons (Fsp3) is 0.500. The fourth-order valence-electron chi connectivity index (χ4n) is 1.42. The molecule has 1 aromatic rings. The lowest BCUT2D eigenvalue weighted by atomic mass is 10.1. The minimum atomic E-state index is -0.807. The van der Waals surface area contributed by atoms with Crippen LogP contribution in [0, 0.1) is 12.8 Å². The molecule has 1 amide bonds. The molecule has 1 atom stereocenters. The van der Waals surface area contributed by atoms with Gasteiger partial charge in [-0.2, -0.15) is 0 Å². The van der Waals surface area contributed by atoms with Gasteiger partial charge in [-0.3, -0.25) is 9.59 Å². The number of carboxylic acids is 1. The Balaban J connectivity index is 2.26. The van der Waals surface area contributed by atoms with Gasteiger partial charge in [-0.25, -0.2) is 0 Å². The van der Waals surface area contributed by atoms with Crippen molar-refractivity contribution in [3.05, 3.63) is 23.7 Å². The summed E-state index contributed by atoms with van der Waals surface area (Å²) in [5, 5.41) is 11.4. The van der Waals surface area contributed by atoms with Crippen molar-refractivity contribution in [1.82, 2.24) is 5.32 Å². The number of carbonyl (C=O) groups is 2. The molecule has 5 heteroatoms. The Labute approximate surface area is 99.8 Å². The third-order valence-corrected chi connectivity index (χ3v) is 2.59. The number of aryl methyl sites for hydroxylation is 1. The Hall–Kier alpha value is -1.78. The summed E-state index contributed by atoms with van der Waals surface area (Å²) in [7, 11) is 0. The molecule has 0 radical (unpaired) electrons. The lowest BCUT2D eigenvalue weighted by molar-refractivity contribution is -0.141. The van der Waals surface area contributed by atoms with Crippen LogP contribution in [0.15, 0.2) is 16.7 Å². The van der Waals surface area contributed by atoms with Crippen molar-refractivity contribution in [3.8, 4) is 0 Å². The molecule has 0 saturated carbocycles. The van der Waals surface area contributed by atoms with Crippen molar-refractivity contribution in [3.63, 3.8) is 0 Å². The smallest absolute Gasteiger partial charge is 0.306 e. The van der Waals surface area contributed by atoms with Crippen LogP contribution >= 0.6 is 0 Å². The molecular weight excluding hydrogens is 222 g/mol. The van der Waals surface area contributed by atoms with Gasteiger partial charge in [0, 0.05) is 12.1 Å². The molecule has 5 nitrogen and oxygen atoms in total. The summed E-state index contributed by atoms with van der Waals surface area (Å²) in [5.74, 6) is -1.12. The van der Waals surface area contributed by atoms with E-state index in [0.717, 1.165) is 5.56 Å². The molecule has 1 unspecified atom stereocenters. The van der Waals surface area contributed by atoms with Gasteiger partial charge in [-0.1, -0.05) is 6.92 Å². The zero-order valence-electron chi connectivity index (χ0n) is 10.0. The Kier molecular flexibility index (Phi) is 4.75. The van der Waals surface area contributed by atoms with Crippen LogP contribution in [-0.4, -0.2) is 23.5 Å². The molecule has 0 saturated heterocycles. The van der Waals surface area contributed by atoms with E-state index < -0.39 is 5.97 Å². The van der Waals surface area contributed by atoms with E-state index in [1.54, 1.807) is 19.9 Å². The molecule has 1 aromatic heterocycles. The Morgan fingerprint density at radius 2 is 2.24 bits per heavy atom. The predicted octanol–water partition coefficient (Wildman–Crippen LogP) is 1.82. The molecule has 0 spiro atoms. The van der Waals surface area contributed by atoms with E-state index in [1.165, 1.54) is 6.26 Å². The number of rotatable bonds is 6. The predicted molar refractivity (Wildman–Crippen MR) is 61.8 cm³/mol. The van der Waals surface area contributed by atoms with E-state index in [1.807, 2.05) is 0 Å². The number of carbonyl (C=O) groups excluding carboxylic acids is 1. The first kappa shape index (κ1) is 13.3. The van der Waals surface area contributed by atoms with Crippen LogP contribution in [0.25, 0.3) is 0 Å². The number of amides is 1. The molecule has 17 heavy (non-hydrogen) atoms. The van der Waals surface area contributed by atoms with Crippen LogP contribution in [0.4, 0.5) is 0 Å². The average molecular weight is 239 g/mol. The highest BCUT2D eigenvalue weighted by Crippen LogP contribution is 2.08. The Bertz CT molecular complexity index is 397. The number of furan rings is 1. The molecule has 1 rings (SSSR count). The van der Waals surface area contributed by atoms with E-state index in [9.17, 15) is 9.59 Å². The first-order chi connectivity index (χ1) is 8.02. The van der Waals surface area contributed by atoms with E-state index in [-0.39, 0.29) is 11.8 Å². The Morgan fingerprint density at radius 1 is 1.53 bits per heavy atom. The van der Waals surface area contributed by atoms with Crippen molar-refractivity contribution in [2.45, 2.75) is 26.7 Å². The highest BCUT2D eigenvalue weighted by molar-refractivity contribution is 5.92. The van der Waals surface area contributed by atoms with Gasteiger partial charge in [0.1, 0.15) is 0 Å². The molecule has 0 aliphatic carbocycles. The van der Waals surface area contributed by atoms with Crippen LogP contribution in [0.2, 0.25) is 0 Å². The van der Waals surface area contributed by atoms with Crippen LogP contribution < -0.4 is 5.32 Å². The summed E-state index contributed by atoms with van der Waals surface area (Å²) in [5.41, 5.74) is 0.793. The minimum Gasteiger partial charge on any atom is -0.481 e. The van der Waals surface area contributed by atoms with Crippen molar-refractivity contribution in [2.75, 3.05) is 6.54 Å². The maximum Gasteiger partial charge on any atom is 0.306 e. The summed E-state index contributed by atoms with van der Waals surface area (Å²) in [6, 6.07) is 1.72. The van der Waals surface area contributed by atoms with Gasteiger partial charge in [0.25, 0.3) is 5.91 Å². The molecular formula is C12H17NO4. The largest absolute Gasteiger partial charge is 0.481 e. The van der Waals surface area contributed by atoms with Crippen molar-refractivity contribution >= 4 is 11.9 Å². The van der Waals surface area contributed by atoms with E-state index >= 15 is 0 Å². The summed E-state index contributed by atoms with van der Waals surface area (Å²) in [4.78, 5) is 22.1. The van der Waals surface area contributed by atoms with E-state index in [0.29, 0.717) is 25.1 Å². The zero-order chi connectivity index (χ0) is 12.8. The van der Waals surface area contributed by atoms with Gasteiger partial charge in [-0.15, -0.1) is 0 Å². The zero-order valence-corrected chi connectivity index (χ0v) is 10.0. The second-order valence-corrected chi connectivity index (χ2v) is 4.07. The SMILES string of the molecule is Cc1ccoc1C(=O)NCCCC(C)C(=O)O. The molecule has 0 fully saturated rings. The van der Waals surface area contributed by atoms with Gasteiger partial charge in [0.15, 0.2) is 5.76 Å². The lowest BCUT2D eigenvalue weighted by Gasteiger charge is -2.06. The number of hydrogen-bond acceptors (Lipinski definition) is 3. The third kappa shape index (κ3) is 3.94. The van der Waals surface area contributed by atoms with Gasteiger partial charge in [0.05, 0.1) is 12.2 Å². The quantitative estimate of drug-likeness (QED) is 0.742. The van der Waals surface area contributed by atoms with Crippen molar-refractivity contribution < 1.29 is 19.1 Å². The van der Waals surface area contributed by atoms with Gasteiger partial charge in [0.2, 0.25) is 0 Å². The second kappa shape index (κ2) is 6.08. The Morgan fingerprint density at radius 3 is 2.76 bits per heavy atom. The maximum absolute atomic E-state index is 11.6. The molecule has 0 aliphatic rings. The molecule has 0 bridgehead atoms. The van der Waals surface area contributed by atoms with E-state index in [4.69, 9.17) is 9.52 Å². The van der Waals surface area contributed by atoms with Crippen molar-refractivity contribution in [1.29, 1.82) is 0 Å². The molecule has 94 valence electrons. The topological polar surface area (TPSA) is 79.5 Å². The first-order valence-electron chi connectivity index (χ1n) is 5.57. The summed E-state index contributed by atoms with van der Waals surface area (Å²) in [6.45, 7) is 3.91. The molecule has 0 aromatic carbocycles. The monoisotopic (exact) mass is 239 g/mol. The molecule has 1 heterocycles. The number of aliphatic carboxylic acids is 1. The first-order valence-corrected chi connectivity index (χ1v) is 5.57. The molecule has 2 N–H and O–H groups in total. The normalized spacial score (nSPS) is 12.1. The summed E-state index contributed by atoms with van der Waals surface area (Å²) in [6.07, 6.45) is 2.66. The summed E-state index contributed by atoms with van der Waals surface area (Å²) < 4.78 is 5.04. The third-order valence-electron chi connectivity index (χ3n) is 2.59. The number of hydrogen-bond donors (Lipinski definition) is 2. The summed E-state index contributed by atoms with van der Waals surface area (Å²) >= 11 is 0. The van der Waals surface area contributed by atoms with Crippen LogP contribution in [0.5, 0.6) is 0 Å². The average Bonchev–Trinajstić information content (AvgIpc) is 2.70. The van der Waals surface area contributed by atoms with Crippen LogP contribution in [0.3, 0.4) is 0 Å². The minimum absolute atomic E-state index is 0.254. The van der Waals surface area contributed by atoms with Crippen LogP contribution in [0.1, 0.15) is 35.9 Å². The fourth-order valence-corrected chi connectivity index (χ4v) is 1.42. The maximum atomic E-state index is 11.6. The lowest BCUT2D eigenvalue weighted by Crippen LogP contribution is -2.25. The van der Waals surface area contributed by atoms with Gasteiger partial charge >= 0.3 is 5.97 Å². The molecule has 0 aliphatic heterocycles. The highest BCUT2D eigenvalue weighted by atomic mass is 16.4. The number of nitrogens with one attached hydrogen (secondary N) is 1. The van der Waals surface area contributed by atoms with E-state index in [2.05, 4.69) is 5.32 Å². The number of carboxylic acid groups (broad SMARTS) is 1. The standard InChI is InChI=1S/C12H17NO4/c1-8-5-7-17-10(8)11(14)13-6-3-4-9(2)12(15)16/h5,7,9H,3-4,6H2,1-2H3,(H,13,14)(H,15,16). The second-order valence-electron chi connectivity index (χ2n) is 4.07.